The standard InChI is InChI=1S/C32H33FN4OS/c1-32(2,3)24-14-12-22(13-15-24)19-37(17-16-23-18-34-27-10-6-4-8-25(23)27)20-30-35-29(21-39-30)31(38)36-28-11-7-5-9-26(28)33/h4-15,18,21,34H,16-17,19-20H2,1-3H3,(H,36,38). The van der Waals surface area contributed by atoms with E-state index < -0.39 is 11.7 Å². The minimum atomic E-state index is -0.470. The van der Waals surface area contributed by atoms with Gasteiger partial charge >= 0.3 is 0 Å². The first-order chi connectivity index (χ1) is 18.8. The first-order valence-corrected chi connectivity index (χ1v) is 14.0. The van der Waals surface area contributed by atoms with Gasteiger partial charge in [0.1, 0.15) is 16.5 Å². The Kier molecular flexibility index (Phi) is 7.91. The van der Waals surface area contributed by atoms with Gasteiger partial charge in [-0.05, 0) is 46.7 Å². The van der Waals surface area contributed by atoms with Crippen LogP contribution < -0.4 is 5.32 Å². The highest BCUT2D eigenvalue weighted by atomic mass is 32.1. The van der Waals surface area contributed by atoms with Gasteiger partial charge in [-0.25, -0.2) is 9.37 Å². The van der Waals surface area contributed by atoms with Crippen LogP contribution >= 0.6 is 11.3 Å². The number of rotatable bonds is 9. The molecule has 5 rings (SSSR count). The Morgan fingerprint density at radius 2 is 1.74 bits per heavy atom. The summed E-state index contributed by atoms with van der Waals surface area (Å²) in [5.74, 6) is -0.882. The van der Waals surface area contributed by atoms with E-state index in [0.29, 0.717) is 12.2 Å². The number of nitrogens with one attached hydrogen (secondary N) is 2. The van der Waals surface area contributed by atoms with Gasteiger partial charge in [-0.1, -0.05) is 75.4 Å². The third kappa shape index (κ3) is 6.61. The van der Waals surface area contributed by atoms with Gasteiger partial charge in [0, 0.05) is 35.6 Å². The highest BCUT2D eigenvalue weighted by molar-refractivity contribution is 7.09. The minimum absolute atomic E-state index is 0.105. The maximum Gasteiger partial charge on any atom is 0.275 e. The van der Waals surface area contributed by atoms with Crippen molar-refractivity contribution in [3.05, 3.63) is 118 Å². The highest BCUT2D eigenvalue weighted by Gasteiger charge is 2.17. The number of amides is 1. The summed E-state index contributed by atoms with van der Waals surface area (Å²) < 4.78 is 14.0. The SMILES string of the molecule is CC(C)(C)c1ccc(CN(CCc2c[nH]c3ccccc23)Cc2nc(C(=O)Nc3ccccc3F)cs2)cc1. The van der Waals surface area contributed by atoms with Crippen molar-refractivity contribution in [1.29, 1.82) is 0 Å². The average molecular weight is 541 g/mol. The molecule has 5 aromatic rings. The number of hydrogen-bond acceptors (Lipinski definition) is 4. The lowest BCUT2D eigenvalue weighted by atomic mass is 9.87. The number of H-pyrrole nitrogens is 1. The van der Waals surface area contributed by atoms with Crippen LogP contribution in [-0.4, -0.2) is 27.3 Å². The number of carbonyl (C=O) groups excluding carboxylic acids is 1. The summed E-state index contributed by atoms with van der Waals surface area (Å²) in [6, 6.07) is 23.3. The van der Waals surface area contributed by atoms with Gasteiger partial charge in [-0.2, -0.15) is 0 Å². The Hall–Kier alpha value is -3.81. The minimum Gasteiger partial charge on any atom is -0.361 e. The number of hydrogen-bond donors (Lipinski definition) is 2. The zero-order valence-electron chi connectivity index (χ0n) is 22.5. The molecule has 200 valence electrons. The van der Waals surface area contributed by atoms with E-state index in [1.54, 1.807) is 17.5 Å². The van der Waals surface area contributed by atoms with Crippen molar-refractivity contribution in [2.75, 3.05) is 11.9 Å². The highest BCUT2D eigenvalue weighted by Crippen LogP contribution is 2.24. The summed E-state index contributed by atoms with van der Waals surface area (Å²) in [6.07, 6.45) is 2.98. The van der Waals surface area contributed by atoms with Gasteiger partial charge < -0.3 is 10.3 Å². The molecule has 0 saturated carbocycles. The van der Waals surface area contributed by atoms with Gasteiger partial charge in [0.05, 0.1) is 12.2 Å². The molecule has 3 aromatic carbocycles. The molecule has 1 amide bonds. The zero-order valence-corrected chi connectivity index (χ0v) is 23.3. The van der Waals surface area contributed by atoms with Crippen molar-refractivity contribution in [3.8, 4) is 0 Å². The van der Waals surface area contributed by atoms with Crippen molar-refractivity contribution in [3.63, 3.8) is 0 Å². The first kappa shape index (κ1) is 26.8. The fraction of sp³-hybridized carbons (Fsp3) is 0.250. The van der Waals surface area contributed by atoms with E-state index in [9.17, 15) is 9.18 Å². The second kappa shape index (κ2) is 11.5. The molecule has 0 radical (unpaired) electrons. The van der Waals surface area contributed by atoms with E-state index >= 15 is 0 Å². The lowest BCUT2D eigenvalue weighted by molar-refractivity contribution is 0.102. The Balaban J connectivity index is 1.32. The summed E-state index contributed by atoms with van der Waals surface area (Å²) in [6.45, 7) is 8.87. The second-order valence-electron chi connectivity index (χ2n) is 10.8. The summed E-state index contributed by atoms with van der Waals surface area (Å²) in [7, 11) is 0. The molecular weight excluding hydrogens is 507 g/mol. The number of para-hydroxylation sites is 2. The molecule has 0 fully saturated rings. The van der Waals surface area contributed by atoms with E-state index in [2.05, 4.69) is 89.6 Å². The molecule has 7 heteroatoms. The monoisotopic (exact) mass is 540 g/mol. The van der Waals surface area contributed by atoms with Crippen LogP contribution in [0.2, 0.25) is 0 Å². The van der Waals surface area contributed by atoms with Gasteiger partial charge in [0.25, 0.3) is 5.91 Å². The van der Waals surface area contributed by atoms with Crippen LogP contribution in [0.5, 0.6) is 0 Å². The molecule has 5 nitrogen and oxygen atoms in total. The number of aromatic nitrogens is 2. The van der Waals surface area contributed by atoms with Crippen molar-refractivity contribution in [2.24, 2.45) is 0 Å². The van der Waals surface area contributed by atoms with Crippen LogP contribution in [0.15, 0.2) is 84.4 Å². The van der Waals surface area contributed by atoms with Gasteiger partial charge in [0.2, 0.25) is 0 Å². The maximum atomic E-state index is 14.0. The summed E-state index contributed by atoms with van der Waals surface area (Å²) in [5.41, 5.74) is 5.51. The third-order valence-electron chi connectivity index (χ3n) is 6.86. The third-order valence-corrected chi connectivity index (χ3v) is 7.70. The molecule has 2 N–H and O–H groups in total. The fourth-order valence-corrected chi connectivity index (χ4v) is 5.44. The largest absolute Gasteiger partial charge is 0.361 e. The Labute approximate surface area is 232 Å². The Morgan fingerprint density at radius 3 is 2.51 bits per heavy atom. The molecular formula is C32H33FN4OS. The van der Waals surface area contributed by atoms with Gasteiger partial charge in [-0.3, -0.25) is 9.69 Å². The number of carbonyl (C=O) groups is 1. The zero-order chi connectivity index (χ0) is 27.4. The lowest BCUT2D eigenvalue weighted by Gasteiger charge is -2.23. The predicted molar refractivity (Wildman–Crippen MR) is 158 cm³/mol. The Bertz CT molecular complexity index is 1570. The summed E-state index contributed by atoms with van der Waals surface area (Å²) in [5, 5.41) is 6.45. The van der Waals surface area contributed by atoms with Crippen molar-refractivity contribution in [2.45, 2.75) is 45.7 Å². The molecule has 0 unspecified atom stereocenters. The van der Waals surface area contributed by atoms with Gasteiger partial charge in [-0.15, -0.1) is 11.3 Å². The van der Waals surface area contributed by atoms with Crippen LogP contribution in [0.4, 0.5) is 10.1 Å². The number of aromatic amines is 1. The first-order valence-electron chi connectivity index (χ1n) is 13.1. The Morgan fingerprint density at radius 1 is 1.00 bits per heavy atom. The van der Waals surface area contributed by atoms with Crippen molar-refractivity contribution < 1.29 is 9.18 Å². The van der Waals surface area contributed by atoms with E-state index in [4.69, 9.17) is 0 Å². The smallest absolute Gasteiger partial charge is 0.275 e. The number of thiazole rings is 1. The van der Waals surface area contributed by atoms with Crippen LogP contribution in [0.3, 0.4) is 0 Å². The molecule has 0 atom stereocenters. The van der Waals surface area contributed by atoms with Gasteiger partial charge in [0.15, 0.2) is 0 Å². The molecule has 0 aliphatic carbocycles. The molecule has 0 saturated heterocycles. The average Bonchev–Trinajstić information content (AvgIpc) is 3.56. The van der Waals surface area contributed by atoms with Crippen LogP contribution in [0.25, 0.3) is 10.9 Å². The van der Waals surface area contributed by atoms with E-state index in [1.165, 1.54) is 45.5 Å². The van der Waals surface area contributed by atoms with E-state index in [0.717, 1.165) is 30.0 Å². The molecule has 0 spiro atoms. The van der Waals surface area contributed by atoms with Crippen LogP contribution in [0, 0.1) is 5.82 Å². The fourth-order valence-electron chi connectivity index (χ4n) is 4.63. The molecule has 2 heterocycles. The molecule has 0 aliphatic heterocycles. The van der Waals surface area contributed by atoms with E-state index in [1.807, 2.05) is 6.07 Å². The lowest BCUT2D eigenvalue weighted by Crippen LogP contribution is -2.25. The number of fused-ring (bicyclic) bond motifs is 1. The van der Waals surface area contributed by atoms with Crippen LogP contribution in [-0.2, 0) is 24.9 Å². The van der Waals surface area contributed by atoms with E-state index in [-0.39, 0.29) is 11.1 Å². The molecule has 2 aromatic heterocycles. The predicted octanol–water partition coefficient (Wildman–Crippen LogP) is 7.56. The summed E-state index contributed by atoms with van der Waals surface area (Å²) in [4.78, 5) is 23.1. The number of halogens is 1. The normalized spacial score (nSPS) is 11.8. The second-order valence-corrected chi connectivity index (χ2v) is 11.8. The summed E-state index contributed by atoms with van der Waals surface area (Å²) >= 11 is 1.45. The maximum absolute atomic E-state index is 14.0. The number of benzene rings is 3. The molecule has 39 heavy (non-hydrogen) atoms. The van der Waals surface area contributed by atoms with Crippen molar-refractivity contribution >= 4 is 33.8 Å². The van der Waals surface area contributed by atoms with Crippen molar-refractivity contribution in [1.82, 2.24) is 14.9 Å². The molecule has 0 bridgehead atoms. The number of nitrogens with zero attached hydrogens (tertiary/aromatic N) is 2. The van der Waals surface area contributed by atoms with Crippen LogP contribution in [0.1, 0.15) is 53.0 Å². The quantitative estimate of drug-likeness (QED) is 0.203. The molecule has 0 aliphatic rings. The topological polar surface area (TPSA) is 61.0 Å². The number of anilines is 1.